The summed E-state index contributed by atoms with van der Waals surface area (Å²) < 4.78 is 9.42. The third kappa shape index (κ3) is 4.71. The number of hydrogen-bond donors (Lipinski definition) is 1. The molecule has 0 saturated carbocycles. The van der Waals surface area contributed by atoms with Crippen LogP contribution in [0.1, 0.15) is 46.6 Å². The van der Waals surface area contributed by atoms with Gasteiger partial charge in [0.2, 0.25) is 5.91 Å². The lowest BCUT2D eigenvalue weighted by molar-refractivity contribution is -0.129. The maximum absolute atomic E-state index is 12.2. The molecule has 1 aromatic heterocycles. The maximum Gasteiger partial charge on any atom is 0.337 e. The highest BCUT2D eigenvalue weighted by molar-refractivity contribution is 5.89. The van der Waals surface area contributed by atoms with E-state index in [1.807, 2.05) is 24.0 Å². The van der Waals surface area contributed by atoms with Gasteiger partial charge in [0.15, 0.2) is 0 Å². The second-order valence-electron chi connectivity index (χ2n) is 6.66. The number of carbonyl (C=O) groups is 2. The summed E-state index contributed by atoms with van der Waals surface area (Å²) in [6, 6.07) is 7.53. The van der Waals surface area contributed by atoms with Gasteiger partial charge in [0.1, 0.15) is 11.4 Å². The van der Waals surface area contributed by atoms with Crippen molar-refractivity contribution in [2.75, 3.05) is 13.7 Å². The molecule has 0 radical (unpaired) electrons. The number of esters is 1. The molecule has 2 aromatic rings. The summed E-state index contributed by atoms with van der Waals surface area (Å²) in [5.74, 6) is -0.182. The van der Waals surface area contributed by atoms with E-state index in [2.05, 4.69) is 15.6 Å². The topological polar surface area (TPSA) is 97.6 Å². The Hall–Kier alpha value is -2.74. The zero-order valence-corrected chi connectivity index (χ0v) is 15.6. The molecular formula is C19H24N4O4. The summed E-state index contributed by atoms with van der Waals surface area (Å²) in [6.45, 7) is 3.78. The molecule has 0 bridgehead atoms. The van der Waals surface area contributed by atoms with Gasteiger partial charge in [-0.15, -0.1) is 0 Å². The quantitative estimate of drug-likeness (QED) is 0.558. The molecule has 2 heterocycles. The van der Waals surface area contributed by atoms with Crippen LogP contribution in [0.5, 0.6) is 0 Å². The van der Waals surface area contributed by atoms with Crippen molar-refractivity contribution < 1.29 is 19.0 Å². The van der Waals surface area contributed by atoms with E-state index in [1.165, 1.54) is 7.11 Å². The number of nitrogens with one attached hydrogen (secondary N) is 1. The second kappa shape index (κ2) is 8.77. The molecule has 8 nitrogen and oxygen atoms in total. The van der Waals surface area contributed by atoms with E-state index in [1.54, 1.807) is 12.1 Å². The van der Waals surface area contributed by atoms with E-state index in [9.17, 15) is 9.59 Å². The molecule has 1 N–H and O–H groups in total. The molecule has 1 unspecified atom stereocenters. The molecule has 1 atom stereocenters. The van der Waals surface area contributed by atoms with Crippen LogP contribution in [0.2, 0.25) is 0 Å². The minimum Gasteiger partial charge on any atom is -0.465 e. The lowest BCUT2D eigenvalue weighted by Gasteiger charge is -2.24. The summed E-state index contributed by atoms with van der Waals surface area (Å²) in [6.07, 6.45) is 2.30. The van der Waals surface area contributed by atoms with Crippen molar-refractivity contribution in [1.29, 1.82) is 0 Å². The number of rotatable bonds is 8. The molecule has 144 valence electrons. The van der Waals surface area contributed by atoms with E-state index in [0.29, 0.717) is 30.8 Å². The van der Waals surface area contributed by atoms with Crippen LogP contribution in [0.3, 0.4) is 0 Å². The number of methoxy groups -OCH3 is 1. The van der Waals surface area contributed by atoms with E-state index >= 15 is 0 Å². The zero-order valence-electron chi connectivity index (χ0n) is 15.6. The van der Waals surface area contributed by atoms with Gasteiger partial charge in [-0.2, -0.15) is 0 Å². The number of hydrogen-bond acceptors (Lipinski definition) is 7. The maximum atomic E-state index is 12.2. The predicted octanol–water partition coefficient (Wildman–Crippen LogP) is 1.84. The number of likely N-dealkylation sites (tertiary alicyclic amines) is 1. The Kier molecular flexibility index (Phi) is 6.18. The normalized spacial score (nSPS) is 16.7. The van der Waals surface area contributed by atoms with Crippen LogP contribution in [0.4, 0.5) is 0 Å². The molecule has 1 aromatic carbocycles. The number of nitrogens with zero attached hydrogens (tertiary/aromatic N) is 3. The monoisotopic (exact) mass is 372 g/mol. The lowest BCUT2D eigenvalue weighted by Crippen LogP contribution is -2.35. The van der Waals surface area contributed by atoms with E-state index in [-0.39, 0.29) is 17.9 Å². The highest BCUT2D eigenvalue weighted by Gasteiger charge is 2.31. The molecule has 0 aliphatic carbocycles. The summed E-state index contributed by atoms with van der Waals surface area (Å²) >= 11 is 0. The van der Waals surface area contributed by atoms with Gasteiger partial charge in [-0.3, -0.25) is 4.79 Å². The van der Waals surface area contributed by atoms with Gasteiger partial charge in [0, 0.05) is 19.0 Å². The Morgan fingerprint density at radius 1 is 1.33 bits per heavy atom. The Bertz CT molecular complexity index is 787. The first-order valence-corrected chi connectivity index (χ1v) is 9.04. The number of ether oxygens (including phenoxy) is 1. The summed E-state index contributed by atoms with van der Waals surface area (Å²) in [4.78, 5) is 25.5. The first-order chi connectivity index (χ1) is 13.1. The van der Waals surface area contributed by atoms with Crippen LogP contribution in [0.15, 0.2) is 28.9 Å². The predicted molar refractivity (Wildman–Crippen MR) is 96.7 cm³/mol. The molecule has 1 fully saturated rings. The van der Waals surface area contributed by atoms with Crippen LogP contribution >= 0.6 is 0 Å². The molecule has 3 rings (SSSR count). The summed E-state index contributed by atoms with van der Waals surface area (Å²) in [5.41, 5.74) is 3.07. The fraction of sp³-hybridized carbons (Fsp3) is 0.474. The number of carbonyl (C=O) groups excluding carboxylic acids is 2. The fourth-order valence-corrected chi connectivity index (χ4v) is 3.24. The van der Waals surface area contributed by atoms with Crippen LogP contribution in [-0.4, -0.2) is 46.8 Å². The third-order valence-corrected chi connectivity index (χ3v) is 4.88. The molecular weight excluding hydrogens is 348 g/mol. The van der Waals surface area contributed by atoms with Crippen molar-refractivity contribution in [1.82, 2.24) is 20.5 Å². The van der Waals surface area contributed by atoms with Crippen molar-refractivity contribution in [3.05, 3.63) is 46.8 Å². The van der Waals surface area contributed by atoms with Crippen molar-refractivity contribution in [2.45, 2.75) is 45.3 Å². The average molecular weight is 372 g/mol. The average Bonchev–Trinajstić information content (AvgIpc) is 3.25. The molecule has 8 heteroatoms. The van der Waals surface area contributed by atoms with Crippen molar-refractivity contribution >= 4 is 11.9 Å². The Morgan fingerprint density at radius 3 is 2.78 bits per heavy atom. The molecule has 1 amide bonds. The lowest BCUT2D eigenvalue weighted by atomic mass is 10.1. The van der Waals surface area contributed by atoms with Gasteiger partial charge in [-0.1, -0.05) is 22.4 Å². The second-order valence-corrected chi connectivity index (χ2v) is 6.66. The van der Waals surface area contributed by atoms with Gasteiger partial charge in [-0.25, -0.2) is 9.42 Å². The summed E-state index contributed by atoms with van der Waals surface area (Å²) in [5, 5.41) is 11.1. The van der Waals surface area contributed by atoms with Gasteiger partial charge in [0.25, 0.3) is 0 Å². The number of aromatic nitrogens is 2. The third-order valence-electron chi connectivity index (χ3n) is 4.88. The van der Waals surface area contributed by atoms with Crippen molar-refractivity contribution in [2.24, 2.45) is 0 Å². The van der Waals surface area contributed by atoms with Gasteiger partial charge in [0.05, 0.1) is 19.2 Å². The number of benzene rings is 1. The fourth-order valence-electron chi connectivity index (χ4n) is 3.24. The first kappa shape index (κ1) is 19.0. The highest BCUT2D eigenvalue weighted by Crippen LogP contribution is 2.23. The van der Waals surface area contributed by atoms with Crippen molar-refractivity contribution in [3.63, 3.8) is 0 Å². The van der Waals surface area contributed by atoms with Crippen LogP contribution in [0, 0.1) is 6.92 Å². The SMILES string of the molecule is COC(=O)c1ccc(CNCCC2CCC(=O)N2Cc2nonc2C)cc1. The van der Waals surface area contributed by atoms with E-state index < -0.39 is 0 Å². The Labute approximate surface area is 157 Å². The van der Waals surface area contributed by atoms with Gasteiger partial charge < -0.3 is 15.0 Å². The summed E-state index contributed by atoms with van der Waals surface area (Å²) in [7, 11) is 1.37. The highest BCUT2D eigenvalue weighted by atomic mass is 16.6. The standard InChI is InChI=1S/C19H24N4O4/c1-13-17(22-27-21-13)12-23-16(7-8-18(23)24)9-10-20-11-14-3-5-15(6-4-14)19(25)26-2/h3-6,16,20H,7-12H2,1-2H3. The smallest absolute Gasteiger partial charge is 0.337 e. The van der Waals surface area contributed by atoms with Crippen LogP contribution < -0.4 is 5.32 Å². The number of aryl methyl sites for hydroxylation is 1. The molecule has 0 spiro atoms. The van der Waals surface area contributed by atoms with Crippen LogP contribution in [-0.2, 0) is 22.6 Å². The number of amides is 1. The van der Waals surface area contributed by atoms with Crippen LogP contribution in [0.25, 0.3) is 0 Å². The van der Waals surface area contributed by atoms with E-state index in [0.717, 1.165) is 30.6 Å². The van der Waals surface area contributed by atoms with Gasteiger partial charge >= 0.3 is 5.97 Å². The molecule has 1 aliphatic rings. The largest absolute Gasteiger partial charge is 0.465 e. The molecule has 1 aliphatic heterocycles. The Morgan fingerprint density at radius 2 is 2.11 bits per heavy atom. The Balaban J connectivity index is 1.46. The molecule has 27 heavy (non-hydrogen) atoms. The minimum atomic E-state index is -0.335. The first-order valence-electron chi connectivity index (χ1n) is 9.04. The zero-order chi connectivity index (χ0) is 19.2. The minimum absolute atomic E-state index is 0.154. The van der Waals surface area contributed by atoms with Crippen molar-refractivity contribution in [3.8, 4) is 0 Å². The van der Waals surface area contributed by atoms with E-state index in [4.69, 9.17) is 9.37 Å². The molecule has 1 saturated heterocycles. The van der Waals surface area contributed by atoms with Gasteiger partial charge in [-0.05, 0) is 44.0 Å².